The summed E-state index contributed by atoms with van der Waals surface area (Å²) in [6.45, 7) is 5.53. The van der Waals surface area contributed by atoms with Crippen LogP contribution in [0.1, 0.15) is 26.3 Å². The highest BCUT2D eigenvalue weighted by atomic mass is 32.2. The highest BCUT2D eigenvalue weighted by Crippen LogP contribution is 2.11. The first-order valence-corrected chi connectivity index (χ1v) is 6.11. The molecule has 0 bridgehead atoms. The highest BCUT2D eigenvalue weighted by molar-refractivity contribution is 7.97. The SMILES string of the molecule is CC(C)(C)OC(=O)NSCc1ccccc1. The van der Waals surface area contributed by atoms with Gasteiger partial charge >= 0.3 is 6.09 Å². The molecule has 0 aliphatic heterocycles. The Hall–Kier alpha value is -1.16. The summed E-state index contributed by atoms with van der Waals surface area (Å²) in [5.74, 6) is 0.736. The molecule has 0 heterocycles. The summed E-state index contributed by atoms with van der Waals surface area (Å²) in [4.78, 5) is 11.3. The van der Waals surface area contributed by atoms with Gasteiger partial charge in [-0.3, -0.25) is 4.72 Å². The van der Waals surface area contributed by atoms with E-state index >= 15 is 0 Å². The molecule has 0 aliphatic carbocycles. The predicted octanol–water partition coefficient (Wildman–Crippen LogP) is 3.36. The van der Waals surface area contributed by atoms with Crippen LogP contribution in [0.15, 0.2) is 30.3 Å². The zero-order valence-corrected chi connectivity index (χ0v) is 10.6. The second-order valence-electron chi connectivity index (χ2n) is 4.38. The van der Waals surface area contributed by atoms with Crippen LogP contribution in [0.5, 0.6) is 0 Å². The Kier molecular flexibility index (Phi) is 4.68. The molecule has 1 aromatic carbocycles. The van der Waals surface area contributed by atoms with Crippen LogP contribution in [0.25, 0.3) is 0 Å². The van der Waals surface area contributed by atoms with Crippen LogP contribution in [-0.2, 0) is 10.5 Å². The summed E-state index contributed by atoms with van der Waals surface area (Å²) < 4.78 is 7.75. The molecule has 0 atom stereocenters. The van der Waals surface area contributed by atoms with E-state index in [4.69, 9.17) is 4.74 Å². The number of carbonyl (C=O) groups excluding carboxylic acids is 1. The maximum absolute atomic E-state index is 11.3. The maximum Gasteiger partial charge on any atom is 0.417 e. The van der Waals surface area contributed by atoms with Crippen molar-refractivity contribution in [3.05, 3.63) is 35.9 Å². The van der Waals surface area contributed by atoms with E-state index in [-0.39, 0.29) is 0 Å². The molecule has 88 valence electrons. The number of hydrogen-bond donors (Lipinski definition) is 1. The van der Waals surface area contributed by atoms with Gasteiger partial charge in [-0.05, 0) is 38.3 Å². The third-order valence-electron chi connectivity index (χ3n) is 1.64. The second kappa shape index (κ2) is 5.80. The van der Waals surface area contributed by atoms with E-state index in [0.29, 0.717) is 0 Å². The Balaban J connectivity index is 2.24. The average molecular weight is 239 g/mol. The van der Waals surface area contributed by atoms with Gasteiger partial charge in [0, 0.05) is 5.75 Å². The Labute approximate surface area is 101 Å². The van der Waals surface area contributed by atoms with Crippen molar-refractivity contribution in [2.24, 2.45) is 0 Å². The summed E-state index contributed by atoms with van der Waals surface area (Å²) >= 11 is 1.33. The molecule has 1 aromatic rings. The van der Waals surface area contributed by atoms with Crippen molar-refractivity contribution in [2.45, 2.75) is 32.1 Å². The van der Waals surface area contributed by atoms with Crippen LogP contribution < -0.4 is 4.72 Å². The topological polar surface area (TPSA) is 38.3 Å². The molecular formula is C12H17NO2S. The average Bonchev–Trinajstić information content (AvgIpc) is 2.16. The predicted molar refractivity (Wildman–Crippen MR) is 67.1 cm³/mol. The van der Waals surface area contributed by atoms with E-state index in [1.165, 1.54) is 17.5 Å². The quantitative estimate of drug-likeness (QED) is 0.822. The Bertz CT molecular complexity index is 333. The number of ether oxygens (including phenoxy) is 1. The van der Waals surface area contributed by atoms with Gasteiger partial charge in [-0.1, -0.05) is 30.3 Å². The van der Waals surface area contributed by atoms with Crippen LogP contribution >= 0.6 is 11.9 Å². The van der Waals surface area contributed by atoms with Gasteiger partial charge in [0.05, 0.1) is 0 Å². The lowest BCUT2D eigenvalue weighted by molar-refractivity contribution is 0.0574. The van der Waals surface area contributed by atoms with Crippen molar-refractivity contribution in [1.29, 1.82) is 0 Å². The number of rotatable bonds is 3. The molecule has 4 heteroatoms. The first-order valence-electron chi connectivity index (χ1n) is 5.12. The monoisotopic (exact) mass is 239 g/mol. The number of amides is 1. The van der Waals surface area contributed by atoms with Crippen molar-refractivity contribution in [3.63, 3.8) is 0 Å². The van der Waals surface area contributed by atoms with Crippen molar-refractivity contribution in [1.82, 2.24) is 4.72 Å². The van der Waals surface area contributed by atoms with E-state index in [1.54, 1.807) is 0 Å². The minimum absolute atomic E-state index is 0.395. The Morgan fingerprint density at radius 3 is 2.50 bits per heavy atom. The molecule has 1 amide bonds. The summed E-state index contributed by atoms with van der Waals surface area (Å²) in [5.41, 5.74) is 0.723. The normalized spacial score (nSPS) is 10.9. The van der Waals surface area contributed by atoms with Crippen LogP contribution in [0, 0.1) is 0 Å². The maximum atomic E-state index is 11.3. The van der Waals surface area contributed by atoms with Gasteiger partial charge < -0.3 is 4.74 Å². The van der Waals surface area contributed by atoms with E-state index in [0.717, 1.165) is 5.75 Å². The zero-order valence-electron chi connectivity index (χ0n) is 9.82. The lowest BCUT2D eigenvalue weighted by atomic mass is 10.2. The van der Waals surface area contributed by atoms with E-state index in [1.807, 2.05) is 51.1 Å². The Morgan fingerprint density at radius 2 is 1.94 bits per heavy atom. The van der Waals surface area contributed by atoms with Gasteiger partial charge in [-0.2, -0.15) is 0 Å². The molecule has 3 nitrogen and oxygen atoms in total. The summed E-state index contributed by atoms with van der Waals surface area (Å²) in [6, 6.07) is 9.95. The van der Waals surface area contributed by atoms with Crippen molar-refractivity contribution >= 4 is 18.0 Å². The molecule has 16 heavy (non-hydrogen) atoms. The van der Waals surface area contributed by atoms with Gasteiger partial charge in [0.15, 0.2) is 0 Å². The van der Waals surface area contributed by atoms with Crippen LogP contribution in [0.3, 0.4) is 0 Å². The van der Waals surface area contributed by atoms with Crippen LogP contribution in [0.2, 0.25) is 0 Å². The third-order valence-corrected chi connectivity index (χ3v) is 2.42. The molecule has 0 aromatic heterocycles. The van der Waals surface area contributed by atoms with Crippen LogP contribution in [-0.4, -0.2) is 11.7 Å². The molecule has 0 radical (unpaired) electrons. The molecular weight excluding hydrogens is 222 g/mol. The van der Waals surface area contributed by atoms with Gasteiger partial charge in [-0.15, -0.1) is 0 Å². The molecule has 1 rings (SSSR count). The van der Waals surface area contributed by atoms with Crippen molar-refractivity contribution < 1.29 is 9.53 Å². The molecule has 0 unspecified atom stereocenters. The van der Waals surface area contributed by atoms with Gasteiger partial charge in [-0.25, -0.2) is 4.79 Å². The largest absolute Gasteiger partial charge is 0.443 e. The minimum atomic E-state index is -0.447. The number of carbonyl (C=O) groups is 1. The molecule has 0 spiro atoms. The first-order chi connectivity index (χ1) is 7.47. The molecule has 0 saturated heterocycles. The van der Waals surface area contributed by atoms with Crippen molar-refractivity contribution in [3.8, 4) is 0 Å². The molecule has 0 aliphatic rings. The van der Waals surface area contributed by atoms with Gasteiger partial charge in [0.2, 0.25) is 0 Å². The lowest BCUT2D eigenvalue weighted by Crippen LogP contribution is -2.29. The summed E-state index contributed by atoms with van der Waals surface area (Å²) in [5, 5.41) is 0. The van der Waals surface area contributed by atoms with E-state index in [2.05, 4.69) is 4.72 Å². The first kappa shape index (κ1) is 12.9. The smallest absolute Gasteiger partial charge is 0.417 e. The van der Waals surface area contributed by atoms with Gasteiger partial charge in [0.1, 0.15) is 5.60 Å². The fourth-order valence-electron chi connectivity index (χ4n) is 1.05. The summed E-state index contributed by atoms with van der Waals surface area (Å²) in [6.07, 6.45) is -0.395. The fourth-order valence-corrected chi connectivity index (χ4v) is 1.64. The van der Waals surface area contributed by atoms with Crippen LogP contribution in [0.4, 0.5) is 4.79 Å². The van der Waals surface area contributed by atoms with Crippen molar-refractivity contribution in [2.75, 3.05) is 0 Å². The summed E-state index contributed by atoms with van der Waals surface area (Å²) in [7, 11) is 0. The lowest BCUT2D eigenvalue weighted by Gasteiger charge is -2.19. The zero-order chi connectivity index (χ0) is 12.0. The number of hydrogen-bond acceptors (Lipinski definition) is 3. The van der Waals surface area contributed by atoms with Gasteiger partial charge in [0.25, 0.3) is 0 Å². The van der Waals surface area contributed by atoms with E-state index < -0.39 is 11.7 Å². The second-order valence-corrected chi connectivity index (χ2v) is 5.16. The standard InChI is InChI=1S/C12H17NO2S/c1-12(2,3)15-11(14)13-16-9-10-7-5-4-6-8-10/h4-8H,9H2,1-3H3,(H,13,14). The fraction of sp³-hybridized carbons (Fsp3) is 0.417. The van der Waals surface area contributed by atoms with E-state index in [9.17, 15) is 4.79 Å². The number of benzene rings is 1. The Morgan fingerprint density at radius 1 is 1.31 bits per heavy atom. The number of nitrogens with one attached hydrogen (secondary N) is 1. The third kappa shape index (κ3) is 5.66. The molecule has 1 N–H and O–H groups in total. The minimum Gasteiger partial charge on any atom is -0.443 e. The highest BCUT2D eigenvalue weighted by Gasteiger charge is 2.15. The molecule has 0 saturated carbocycles. The molecule has 0 fully saturated rings.